The Morgan fingerprint density at radius 3 is 2.49 bits per heavy atom. The largest absolute Gasteiger partial charge is 0.472 e. The van der Waals surface area contributed by atoms with Crippen LogP contribution in [0.25, 0.3) is 0 Å². The van der Waals surface area contributed by atoms with E-state index in [1.807, 2.05) is 13.8 Å². The molecule has 1 aliphatic heterocycles. The highest BCUT2D eigenvalue weighted by Crippen LogP contribution is 2.80. The molecular formula is C29H34O10. The van der Waals surface area contributed by atoms with Crippen LogP contribution in [0.1, 0.15) is 71.5 Å². The SMILES string of the molecule is COC(=O)C[C@@H]1[C@@]2(C)[C@H]3CC[C@]4(C)C(=C3[C@@]3(O)[C@@H](OC(C)=O)C(=O)[C@@]1(C)C[C@@]23O)CC(=O)O[C@H]4c1ccoc1. The van der Waals surface area contributed by atoms with Crippen molar-refractivity contribution >= 4 is 23.7 Å². The summed E-state index contributed by atoms with van der Waals surface area (Å²) in [6, 6.07) is 1.72. The van der Waals surface area contributed by atoms with Gasteiger partial charge in [-0.2, -0.15) is 0 Å². The number of ether oxygens (including phenoxy) is 3. The second-order valence-corrected chi connectivity index (χ2v) is 12.7. The molecule has 0 unspecified atom stereocenters. The molecule has 6 rings (SSSR count). The lowest BCUT2D eigenvalue weighted by Crippen LogP contribution is -2.69. The summed E-state index contributed by atoms with van der Waals surface area (Å²) in [7, 11) is 1.26. The molecule has 9 atom stereocenters. The van der Waals surface area contributed by atoms with Gasteiger partial charge < -0.3 is 28.8 Å². The van der Waals surface area contributed by atoms with Crippen LogP contribution in [0.5, 0.6) is 0 Å². The average Bonchev–Trinajstić information content (AvgIpc) is 3.50. The molecule has 0 radical (unpaired) electrons. The number of Topliss-reactive ketones (excluding diaryl/α,β-unsaturated/α-hetero) is 1. The highest BCUT2D eigenvalue weighted by Gasteiger charge is 2.88. The van der Waals surface area contributed by atoms with Gasteiger partial charge in [0.15, 0.2) is 17.5 Å². The van der Waals surface area contributed by atoms with Crippen LogP contribution in [0.15, 0.2) is 34.2 Å². The van der Waals surface area contributed by atoms with Crippen LogP contribution >= 0.6 is 0 Å². The van der Waals surface area contributed by atoms with Gasteiger partial charge in [0.1, 0.15) is 11.7 Å². The van der Waals surface area contributed by atoms with Crippen molar-refractivity contribution in [1.29, 1.82) is 0 Å². The normalized spacial score (nSPS) is 45.9. The van der Waals surface area contributed by atoms with Crippen molar-refractivity contribution < 1.29 is 48.0 Å². The minimum Gasteiger partial charge on any atom is -0.472 e. The minimum absolute atomic E-state index is 0.120. The van der Waals surface area contributed by atoms with E-state index in [9.17, 15) is 29.4 Å². The number of ketones is 1. The van der Waals surface area contributed by atoms with Gasteiger partial charge in [0, 0.05) is 35.2 Å². The quantitative estimate of drug-likeness (QED) is 0.330. The lowest BCUT2D eigenvalue weighted by atomic mass is 9.53. The van der Waals surface area contributed by atoms with Crippen LogP contribution in [-0.2, 0) is 33.4 Å². The first-order valence-corrected chi connectivity index (χ1v) is 13.4. The van der Waals surface area contributed by atoms with Gasteiger partial charge in [0.05, 0.1) is 26.1 Å². The maximum atomic E-state index is 14.2. The van der Waals surface area contributed by atoms with E-state index in [4.69, 9.17) is 18.6 Å². The molecule has 3 saturated carbocycles. The molecular weight excluding hydrogens is 508 g/mol. The summed E-state index contributed by atoms with van der Waals surface area (Å²) in [6.07, 6.45) is 1.19. The fourth-order valence-corrected chi connectivity index (χ4v) is 9.44. The lowest BCUT2D eigenvalue weighted by Gasteiger charge is -2.53. The van der Waals surface area contributed by atoms with Crippen molar-refractivity contribution in [2.45, 2.75) is 83.2 Å². The van der Waals surface area contributed by atoms with E-state index in [0.717, 1.165) is 6.92 Å². The number of furan rings is 1. The van der Waals surface area contributed by atoms with Crippen LogP contribution in [-0.4, -0.2) is 58.3 Å². The zero-order chi connectivity index (χ0) is 28.3. The predicted octanol–water partition coefficient (Wildman–Crippen LogP) is 2.57. The van der Waals surface area contributed by atoms with Crippen LogP contribution in [0, 0.1) is 28.1 Å². The molecule has 2 heterocycles. The van der Waals surface area contributed by atoms with Gasteiger partial charge in [0.2, 0.25) is 0 Å². The fraction of sp³-hybridized carbons (Fsp3) is 0.655. The van der Waals surface area contributed by atoms with Crippen molar-refractivity contribution in [2.24, 2.45) is 28.1 Å². The van der Waals surface area contributed by atoms with Crippen molar-refractivity contribution in [2.75, 3.05) is 7.11 Å². The van der Waals surface area contributed by atoms with E-state index < -0.39 is 75.2 Å². The van der Waals surface area contributed by atoms with Crippen LogP contribution in [0.4, 0.5) is 0 Å². The molecule has 2 bridgehead atoms. The Hall–Kier alpha value is -2.98. The number of hydrogen-bond acceptors (Lipinski definition) is 10. The second-order valence-electron chi connectivity index (χ2n) is 12.7. The number of hydrogen-bond donors (Lipinski definition) is 2. The summed E-state index contributed by atoms with van der Waals surface area (Å²) in [4.78, 5) is 52.3. The Kier molecular flexibility index (Phi) is 5.26. The van der Waals surface area contributed by atoms with Crippen molar-refractivity contribution in [3.63, 3.8) is 0 Å². The lowest BCUT2D eigenvalue weighted by molar-refractivity contribution is -0.221. The molecule has 2 N–H and O–H groups in total. The molecule has 0 amide bonds. The van der Waals surface area contributed by atoms with Crippen molar-refractivity contribution in [3.8, 4) is 0 Å². The summed E-state index contributed by atoms with van der Waals surface area (Å²) in [5, 5.41) is 25.5. The maximum absolute atomic E-state index is 14.2. The third-order valence-electron chi connectivity index (χ3n) is 11.1. The molecule has 1 aromatic rings. The van der Waals surface area contributed by atoms with E-state index in [1.54, 1.807) is 13.0 Å². The third kappa shape index (κ3) is 2.84. The third-order valence-corrected chi connectivity index (χ3v) is 11.1. The molecule has 0 aromatic carbocycles. The van der Waals surface area contributed by atoms with E-state index in [0.29, 0.717) is 29.6 Å². The van der Waals surface area contributed by atoms with Gasteiger partial charge in [-0.3, -0.25) is 19.2 Å². The molecule has 0 spiro atoms. The standard InChI is InChI=1S/C29H34O10/c1-14(30)38-24-22(33)26(3)13-28(34)27(4,18(26)11-19(31)36-5)16-6-8-25(2)17(21(16)29(24,28)35)10-20(32)39-23(25)15-7-9-37-12-15/h7,9,12,16,18,23-24,34-35H,6,8,10-11,13H2,1-5H3/t16-,18-,23-,24-,25+,26-,27+,28+,29+/m0/s1. The number of esters is 3. The molecule has 1 aromatic heterocycles. The number of aliphatic hydroxyl groups is 2. The highest BCUT2D eigenvalue weighted by molar-refractivity contribution is 5.96. The molecule has 39 heavy (non-hydrogen) atoms. The molecule has 210 valence electrons. The summed E-state index contributed by atoms with van der Waals surface area (Å²) in [5.74, 6) is -3.59. The zero-order valence-electron chi connectivity index (χ0n) is 22.7. The smallest absolute Gasteiger partial charge is 0.310 e. The molecule has 10 heteroatoms. The Morgan fingerprint density at radius 2 is 1.87 bits per heavy atom. The first-order valence-electron chi connectivity index (χ1n) is 13.4. The first kappa shape index (κ1) is 26.3. The van der Waals surface area contributed by atoms with Crippen LogP contribution < -0.4 is 0 Å². The molecule has 5 aliphatic rings. The molecule has 4 fully saturated rings. The summed E-state index contributed by atoms with van der Waals surface area (Å²) in [5.41, 5.74) is -5.82. The van der Waals surface area contributed by atoms with Crippen molar-refractivity contribution in [3.05, 3.63) is 35.3 Å². The number of fused-ring (bicyclic) bond motifs is 5. The van der Waals surface area contributed by atoms with E-state index >= 15 is 0 Å². The number of carbonyl (C=O) groups is 4. The number of cyclic esters (lactones) is 1. The van der Waals surface area contributed by atoms with E-state index in [-0.39, 0.29) is 19.3 Å². The van der Waals surface area contributed by atoms with Gasteiger partial charge in [0.25, 0.3) is 0 Å². The Bertz CT molecular complexity index is 1330. The highest BCUT2D eigenvalue weighted by atomic mass is 16.6. The summed E-state index contributed by atoms with van der Waals surface area (Å²) >= 11 is 0. The van der Waals surface area contributed by atoms with Gasteiger partial charge in [-0.05, 0) is 48.3 Å². The van der Waals surface area contributed by atoms with Crippen LogP contribution in [0.3, 0.4) is 0 Å². The molecule has 1 saturated heterocycles. The molecule has 4 aliphatic carbocycles. The summed E-state index contributed by atoms with van der Waals surface area (Å²) < 4.78 is 21.7. The number of rotatable bonds is 4. The number of methoxy groups -OCH3 is 1. The van der Waals surface area contributed by atoms with E-state index in [1.165, 1.54) is 19.6 Å². The zero-order valence-corrected chi connectivity index (χ0v) is 22.7. The van der Waals surface area contributed by atoms with Crippen molar-refractivity contribution in [1.82, 2.24) is 0 Å². The van der Waals surface area contributed by atoms with Crippen LogP contribution in [0.2, 0.25) is 0 Å². The first-order chi connectivity index (χ1) is 18.2. The Labute approximate surface area is 225 Å². The average molecular weight is 543 g/mol. The van der Waals surface area contributed by atoms with E-state index in [2.05, 4.69) is 0 Å². The summed E-state index contributed by atoms with van der Waals surface area (Å²) in [6.45, 7) is 6.58. The maximum Gasteiger partial charge on any atom is 0.310 e. The Morgan fingerprint density at radius 1 is 1.15 bits per heavy atom. The Balaban J connectivity index is 1.65. The minimum atomic E-state index is -2.30. The fourth-order valence-electron chi connectivity index (χ4n) is 9.44. The van der Waals surface area contributed by atoms with Gasteiger partial charge in [-0.15, -0.1) is 0 Å². The molecule has 10 nitrogen and oxygen atoms in total. The van der Waals surface area contributed by atoms with Gasteiger partial charge >= 0.3 is 17.9 Å². The number of carbonyl (C=O) groups excluding carboxylic acids is 4. The monoisotopic (exact) mass is 542 g/mol. The van der Waals surface area contributed by atoms with Gasteiger partial charge in [-0.1, -0.05) is 20.8 Å². The predicted molar refractivity (Wildman–Crippen MR) is 131 cm³/mol. The topological polar surface area (TPSA) is 150 Å². The van der Waals surface area contributed by atoms with Gasteiger partial charge in [-0.25, -0.2) is 0 Å². The second kappa shape index (κ2) is 7.81.